The van der Waals surface area contributed by atoms with Crippen LogP contribution in [0.25, 0.3) is 6.08 Å². The monoisotopic (exact) mass is 405 g/mol. The highest BCUT2D eigenvalue weighted by Gasteiger charge is 2.38. The predicted octanol–water partition coefficient (Wildman–Crippen LogP) is 2.95. The molecule has 2 aromatic rings. The van der Waals surface area contributed by atoms with Gasteiger partial charge in [0.2, 0.25) is 5.90 Å². The number of carboxylic acids is 1. The van der Waals surface area contributed by atoms with Crippen LogP contribution in [0.5, 0.6) is 0 Å². The second-order valence-electron chi connectivity index (χ2n) is 5.54. The lowest BCUT2D eigenvalue weighted by Crippen LogP contribution is -2.21. The number of nitrogens with one attached hydrogen (secondary N) is 1. The molecule has 0 unspecified atom stereocenters. The third kappa shape index (κ3) is 6.03. The lowest BCUT2D eigenvalue weighted by atomic mass is 10.1. The minimum Gasteiger partial charge on any atom is -0.475 e. The fraction of sp³-hybridized carbons (Fsp3) is 0.0526. The first kappa shape index (κ1) is 21.4. The van der Waals surface area contributed by atoms with Crippen molar-refractivity contribution in [3.8, 4) is 0 Å². The summed E-state index contributed by atoms with van der Waals surface area (Å²) in [7, 11) is 0. The molecule has 4 N–H and O–H groups in total. The summed E-state index contributed by atoms with van der Waals surface area (Å²) in [4.78, 5) is 25.0. The number of alkyl halides is 3. The van der Waals surface area contributed by atoms with E-state index in [1.54, 1.807) is 30.3 Å². The Morgan fingerprint density at radius 2 is 1.66 bits per heavy atom. The molecule has 0 saturated heterocycles. The number of carboxylic acid groups (broad SMARTS) is 1. The highest BCUT2D eigenvalue weighted by atomic mass is 19.4. The SMILES string of the molecule is N=C(N)c1ccc(C=C2N=C(c3ccccc3)OC2=O)cc1.O=C(O)C(F)(F)F. The number of nitrogens with two attached hydrogens (primary N) is 1. The Morgan fingerprint density at radius 3 is 2.14 bits per heavy atom. The summed E-state index contributed by atoms with van der Waals surface area (Å²) >= 11 is 0. The number of nitrogens with zero attached hydrogens (tertiary/aromatic N) is 1. The molecule has 3 rings (SSSR count). The lowest BCUT2D eigenvalue weighted by molar-refractivity contribution is -0.192. The second-order valence-corrected chi connectivity index (χ2v) is 5.54. The molecular weight excluding hydrogens is 391 g/mol. The van der Waals surface area contributed by atoms with Gasteiger partial charge in [-0.25, -0.2) is 14.6 Å². The molecule has 0 saturated carbocycles. The summed E-state index contributed by atoms with van der Waals surface area (Å²) in [6.45, 7) is 0. The molecule has 0 bridgehead atoms. The maximum Gasteiger partial charge on any atom is 0.490 e. The summed E-state index contributed by atoms with van der Waals surface area (Å²) < 4.78 is 36.9. The third-order valence-electron chi connectivity index (χ3n) is 3.41. The number of esters is 1. The number of aliphatic carboxylic acids is 1. The fourth-order valence-corrected chi connectivity index (χ4v) is 2.03. The number of hydrogen-bond acceptors (Lipinski definition) is 5. The molecule has 1 aliphatic rings. The first-order valence-electron chi connectivity index (χ1n) is 7.90. The highest BCUT2D eigenvalue weighted by molar-refractivity contribution is 6.12. The Hall–Kier alpha value is -3.95. The van der Waals surface area contributed by atoms with Crippen LogP contribution in [-0.2, 0) is 14.3 Å². The first-order chi connectivity index (χ1) is 13.6. The molecule has 1 heterocycles. The highest BCUT2D eigenvalue weighted by Crippen LogP contribution is 2.19. The summed E-state index contributed by atoms with van der Waals surface area (Å²) in [5.74, 6) is -2.93. The fourth-order valence-electron chi connectivity index (χ4n) is 2.03. The van der Waals surface area contributed by atoms with Gasteiger partial charge in [0.25, 0.3) is 0 Å². The van der Waals surface area contributed by atoms with E-state index in [-0.39, 0.29) is 11.5 Å². The van der Waals surface area contributed by atoms with Crippen LogP contribution < -0.4 is 5.73 Å². The van der Waals surface area contributed by atoms with Crippen LogP contribution in [0.1, 0.15) is 16.7 Å². The van der Waals surface area contributed by atoms with Crippen molar-refractivity contribution in [2.24, 2.45) is 10.7 Å². The van der Waals surface area contributed by atoms with Crippen molar-refractivity contribution in [3.63, 3.8) is 0 Å². The van der Waals surface area contributed by atoms with Crippen molar-refractivity contribution < 1.29 is 32.6 Å². The number of benzene rings is 2. The average Bonchev–Trinajstić information content (AvgIpc) is 3.03. The van der Waals surface area contributed by atoms with E-state index in [9.17, 15) is 18.0 Å². The van der Waals surface area contributed by atoms with E-state index < -0.39 is 18.1 Å². The molecule has 0 fully saturated rings. The average molecular weight is 405 g/mol. The van der Waals surface area contributed by atoms with E-state index >= 15 is 0 Å². The summed E-state index contributed by atoms with van der Waals surface area (Å²) in [5, 5.41) is 14.5. The molecule has 150 valence electrons. The molecule has 1 aliphatic heterocycles. The van der Waals surface area contributed by atoms with Crippen molar-refractivity contribution in [2.45, 2.75) is 6.18 Å². The predicted molar refractivity (Wildman–Crippen MR) is 98.2 cm³/mol. The zero-order valence-corrected chi connectivity index (χ0v) is 14.6. The number of ether oxygens (including phenoxy) is 1. The van der Waals surface area contributed by atoms with Crippen LogP contribution in [0.4, 0.5) is 13.2 Å². The minimum atomic E-state index is -5.08. The van der Waals surface area contributed by atoms with Crippen molar-refractivity contribution >= 4 is 29.7 Å². The standard InChI is InChI=1S/C17H13N3O2.C2HF3O2/c18-15(19)12-8-6-11(7-9-12)10-14-17(21)22-16(20-14)13-4-2-1-3-5-13;3-2(4,5)1(6)7/h1-10H,(H3,18,19);(H,6,7). The number of cyclic esters (lactones) is 1. The number of carbonyl (C=O) groups excluding carboxylic acids is 1. The molecule has 0 atom stereocenters. The van der Waals surface area contributed by atoms with Crippen molar-refractivity contribution in [1.82, 2.24) is 0 Å². The molecule has 2 aromatic carbocycles. The normalized spacial score (nSPS) is 14.5. The van der Waals surface area contributed by atoms with E-state index in [1.165, 1.54) is 0 Å². The van der Waals surface area contributed by atoms with Gasteiger partial charge in [0.1, 0.15) is 5.84 Å². The zero-order chi connectivity index (χ0) is 21.6. The van der Waals surface area contributed by atoms with Gasteiger partial charge in [0.15, 0.2) is 5.70 Å². The van der Waals surface area contributed by atoms with Crippen molar-refractivity contribution in [1.29, 1.82) is 5.41 Å². The molecule has 0 aliphatic carbocycles. The van der Waals surface area contributed by atoms with Gasteiger partial charge in [-0.1, -0.05) is 42.5 Å². The third-order valence-corrected chi connectivity index (χ3v) is 3.41. The van der Waals surface area contributed by atoms with Gasteiger partial charge in [0, 0.05) is 11.1 Å². The largest absolute Gasteiger partial charge is 0.490 e. The Bertz CT molecular complexity index is 982. The maximum absolute atomic E-state index is 11.9. The Kier molecular flexibility index (Phi) is 6.50. The lowest BCUT2D eigenvalue weighted by Gasteiger charge is -1.98. The van der Waals surface area contributed by atoms with Crippen LogP contribution in [0.3, 0.4) is 0 Å². The van der Waals surface area contributed by atoms with Crippen LogP contribution in [0, 0.1) is 5.41 Å². The van der Waals surface area contributed by atoms with E-state index in [2.05, 4.69) is 4.99 Å². The van der Waals surface area contributed by atoms with E-state index in [0.717, 1.165) is 11.1 Å². The van der Waals surface area contributed by atoms with Crippen molar-refractivity contribution in [3.05, 3.63) is 77.0 Å². The molecule has 0 aromatic heterocycles. The van der Waals surface area contributed by atoms with Crippen LogP contribution in [0.2, 0.25) is 0 Å². The summed E-state index contributed by atoms with van der Waals surface area (Å²) in [6.07, 6.45) is -3.44. The van der Waals surface area contributed by atoms with E-state index in [4.69, 9.17) is 25.8 Å². The molecule has 29 heavy (non-hydrogen) atoms. The van der Waals surface area contributed by atoms with Gasteiger partial charge in [-0.15, -0.1) is 0 Å². The quantitative estimate of drug-likeness (QED) is 0.313. The number of carbonyl (C=O) groups is 2. The number of aliphatic imine (C=N–C) groups is 1. The summed E-state index contributed by atoms with van der Waals surface area (Å²) in [5.41, 5.74) is 7.82. The number of halogens is 3. The van der Waals surface area contributed by atoms with Crippen LogP contribution >= 0.6 is 0 Å². The second kappa shape index (κ2) is 8.83. The topological polar surface area (TPSA) is 126 Å². The van der Waals surface area contributed by atoms with E-state index in [1.807, 2.05) is 30.3 Å². The van der Waals surface area contributed by atoms with Gasteiger partial charge < -0.3 is 15.6 Å². The smallest absolute Gasteiger partial charge is 0.475 e. The van der Waals surface area contributed by atoms with Gasteiger partial charge in [-0.05, 0) is 23.8 Å². The number of nitrogen functional groups attached to an aromatic ring is 1. The molecule has 0 spiro atoms. The molecular formula is C19H14F3N3O4. The van der Waals surface area contributed by atoms with Gasteiger partial charge >= 0.3 is 18.1 Å². The first-order valence-corrected chi connectivity index (χ1v) is 7.90. The van der Waals surface area contributed by atoms with Crippen LogP contribution in [-0.4, -0.2) is 35.0 Å². The molecule has 10 heteroatoms. The Balaban J connectivity index is 0.000000370. The van der Waals surface area contributed by atoms with Gasteiger partial charge in [-0.2, -0.15) is 13.2 Å². The number of hydrogen-bond donors (Lipinski definition) is 3. The Labute approximate surface area is 162 Å². The zero-order valence-electron chi connectivity index (χ0n) is 14.6. The van der Waals surface area contributed by atoms with Crippen LogP contribution in [0.15, 0.2) is 65.3 Å². The van der Waals surface area contributed by atoms with Gasteiger partial charge in [-0.3, -0.25) is 5.41 Å². The Morgan fingerprint density at radius 1 is 1.10 bits per heavy atom. The van der Waals surface area contributed by atoms with Gasteiger partial charge in [0.05, 0.1) is 0 Å². The number of amidine groups is 1. The molecule has 0 radical (unpaired) electrons. The van der Waals surface area contributed by atoms with E-state index in [0.29, 0.717) is 11.5 Å². The number of rotatable bonds is 3. The van der Waals surface area contributed by atoms with Crippen molar-refractivity contribution in [2.75, 3.05) is 0 Å². The maximum atomic E-state index is 11.9. The molecule has 0 amide bonds. The minimum absolute atomic E-state index is 0.00358. The molecule has 7 nitrogen and oxygen atoms in total. The summed E-state index contributed by atoms with van der Waals surface area (Å²) in [6, 6.07) is 16.2.